The zero-order valence-electron chi connectivity index (χ0n) is 15.7. The van der Waals surface area contributed by atoms with Gasteiger partial charge in [0.15, 0.2) is 11.6 Å². The normalized spacial score (nSPS) is 12.9. The highest BCUT2D eigenvalue weighted by Crippen LogP contribution is 2.35. The Morgan fingerprint density at radius 1 is 1.11 bits per heavy atom. The van der Waals surface area contributed by atoms with Gasteiger partial charge in [-0.05, 0) is 38.1 Å². The Morgan fingerprint density at radius 2 is 1.96 bits per heavy atom. The summed E-state index contributed by atoms with van der Waals surface area (Å²) in [4.78, 5) is 9.13. The third kappa shape index (κ3) is 3.23. The van der Waals surface area contributed by atoms with Crippen LogP contribution in [-0.2, 0) is 6.42 Å². The molecule has 0 aromatic carbocycles. The van der Waals surface area contributed by atoms with Crippen molar-refractivity contribution in [3.63, 3.8) is 0 Å². The van der Waals surface area contributed by atoms with Gasteiger partial charge in [0.1, 0.15) is 5.69 Å². The van der Waals surface area contributed by atoms with Crippen molar-refractivity contribution in [2.75, 3.05) is 7.05 Å². The summed E-state index contributed by atoms with van der Waals surface area (Å²) in [5.41, 5.74) is 2.59. The minimum atomic E-state index is 0.160. The molecular weight excluding hydrogens is 346 g/mol. The number of pyridine rings is 1. The lowest BCUT2D eigenvalue weighted by molar-refractivity contribution is 0.418. The molecule has 4 rings (SSSR count). The Balaban J connectivity index is 1.88. The third-order valence-corrected chi connectivity index (χ3v) is 4.47. The number of hydrogen-bond donors (Lipinski definition) is 1. The van der Waals surface area contributed by atoms with Gasteiger partial charge in [-0.3, -0.25) is 0 Å². The summed E-state index contributed by atoms with van der Waals surface area (Å²) >= 11 is 0. The molecule has 8 heteroatoms. The van der Waals surface area contributed by atoms with Crippen molar-refractivity contribution in [3.8, 4) is 22.9 Å². The molecule has 0 aliphatic rings. The first-order valence-corrected chi connectivity index (χ1v) is 8.91. The van der Waals surface area contributed by atoms with Gasteiger partial charge >= 0.3 is 0 Å². The molecule has 4 aromatic heterocycles. The van der Waals surface area contributed by atoms with E-state index in [0.29, 0.717) is 35.3 Å². The second-order valence-electron chi connectivity index (χ2n) is 6.84. The second kappa shape index (κ2) is 6.96. The molecule has 1 N–H and O–H groups in total. The van der Waals surface area contributed by atoms with E-state index >= 15 is 0 Å². The highest BCUT2D eigenvalue weighted by Gasteiger charge is 2.23. The lowest BCUT2D eigenvalue weighted by Gasteiger charge is -2.05. The number of likely N-dealkylation sites (N-methyl/N-ethyl adjacent to an activating group) is 1. The van der Waals surface area contributed by atoms with Crippen LogP contribution in [-0.4, -0.2) is 33.4 Å². The molecular formula is C19H21N5O3. The van der Waals surface area contributed by atoms with E-state index in [1.54, 1.807) is 6.26 Å². The van der Waals surface area contributed by atoms with Crippen LogP contribution < -0.4 is 5.32 Å². The summed E-state index contributed by atoms with van der Waals surface area (Å²) < 4.78 is 16.5. The van der Waals surface area contributed by atoms with Gasteiger partial charge in [-0.1, -0.05) is 24.2 Å². The molecule has 0 saturated heterocycles. The van der Waals surface area contributed by atoms with Crippen LogP contribution in [0.1, 0.15) is 38.2 Å². The van der Waals surface area contributed by atoms with Crippen LogP contribution in [0.2, 0.25) is 0 Å². The molecule has 1 atom stereocenters. The molecule has 0 aliphatic carbocycles. The van der Waals surface area contributed by atoms with E-state index in [1.807, 2.05) is 25.2 Å². The summed E-state index contributed by atoms with van der Waals surface area (Å²) in [6.07, 6.45) is 2.27. The minimum absolute atomic E-state index is 0.160. The highest BCUT2D eigenvalue weighted by atomic mass is 16.5. The molecule has 0 amide bonds. The van der Waals surface area contributed by atoms with Crippen LogP contribution in [0.25, 0.3) is 34.0 Å². The monoisotopic (exact) mass is 367 g/mol. The quantitative estimate of drug-likeness (QED) is 0.549. The largest absolute Gasteiger partial charge is 0.463 e. The van der Waals surface area contributed by atoms with Crippen LogP contribution >= 0.6 is 0 Å². The zero-order chi connectivity index (χ0) is 19.0. The first kappa shape index (κ1) is 17.4. The number of hydrogen-bond acceptors (Lipinski definition) is 8. The van der Waals surface area contributed by atoms with Gasteiger partial charge in [-0.15, -0.1) is 0 Å². The summed E-state index contributed by atoms with van der Waals surface area (Å²) in [6.45, 7) is 6.16. The van der Waals surface area contributed by atoms with Gasteiger partial charge in [0.05, 0.1) is 22.9 Å². The standard InChI is InChI=1S/C19H21N5O3/c1-10(2)17-16-12(18-22-15(23-26-18)8-11(3)20-4)9-13(14-6-5-7-25-14)21-19(16)27-24-17/h5-7,9-11,20H,8H2,1-4H3. The Kier molecular flexibility index (Phi) is 4.49. The lowest BCUT2D eigenvalue weighted by Crippen LogP contribution is -2.24. The Labute approximate surface area is 155 Å². The number of nitrogens with zero attached hydrogens (tertiary/aromatic N) is 4. The zero-order valence-corrected chi connectivity index (χ0v) is 15.7. The molecule has 4 heterocycles. The summed E-state index contributed by atoms with van der Waals surface area (Å²) in [6, 6.07) is 5.77. The third-order valence-electron chi connectivity index (χ3n) is 4.47. The Hall–Kier alpha value is -3.00. The maximum atomic E-state index is 5.56. The molecule has 8 nitrogen and oxygen atoms in total. The van der Waals surface area contributed by atoms with Crippen molar-refractivity contribution in [1.29, 1.82) is 0 Å². The molecule has 0 saturated carbocycles. The lowest BCUT2D eigenvalue weighted by atomic mass is 10.0. The summed E-state index contributed by atoms with van der Waals surface area (Å²) in [5.74, 6) is 1.84. The van der Waals surface area contributed by atoms with Crippen LogP contribution in [0.3, 0.4) is 0 Å². The molecule has 27 heavy (non-hydrogen) atoms. The van der Waals surface area contributed by atoms with Crippen molar-refractivity contribution < 1.29 is 13.5 Å². The van der Waals surface area contributed by atoms with Gasteiger partial charge in [0, 0.05) is 12.5 Å². The molecule has 140 valence electrons. The van der Waals surface area contributed by atoms with Gasteiger partial charge in [0.25, 0.3) is 11.6 Å². The molecule has 0 spiro atoms. The molecule has 0 aliphatic heterocycles. The number of rotatable bonds is 6. The van der Waals surface area contributed by atoms with Crippen molar-refractivity contribution in [3.05, 3.63) is 36.0 Å². The highest BCUT2D eigenvalue weighted by molar-refractivity contribution is 5.93. The predicted octanol–water partition coefficient (Wildman–Crippen LogP) is 3.81. The van der Waals surface area contributed by atoms with Gasteiger partial charge < -0.3 is 18.8 Å². The second-order valence-corrected chi connectivity index (χ2v) is 6.84. The van der Waals surface area contributed by atoms with E-state index in [0.717, 1.165) is 16.6 Å². The fourth-order valence-corrected chi connectivity index (χ4v) is 2.91. The maximum Gasteiger partial charge on any atom is 0.259 e. The SMILES string of the molecule is CNC(C)Cc1noc(-c2cc(-c3ccco3)nc3onc(C(C)C)c23)n1. The van der Waals surface area contributed by atoms with Crippen molar-refractivity contribution in [2.45, 2.75) is 39.2 Å². The Morgan fingerprint density at radius 3 is 2.67 bits per heavy atom. The van der Waals surface area contributed by atoms with E-state index in [4.69, 9.17) is 13.5 Å². The Bertz CT molecular complexity index is 1050. The van der Waals surface area contributed by atoms with Crippen molar-refractivity contribution >= 4 is 11.1 Å². The van der Waals surface area contributed by atoms with E-state index < -0.39 is 0 Å². The summed E-state index contributed by atoms with van der Waals surface area (Å²) in [7, 11) is 1.90. The number of aromatic nitrogens is 4. The average Bonchev–Trinajstić information content (AvgIpc) is 3.40. The molecule has 0 bridgehead atoms. The molecule has 0 radical (unpaired) electrons. The first-order chi connectivity index (χ1) is 13.1. The number of furan rings is 1. The number of nitrogens with one attached hydrogen (secondary N) is 1. The van der Waals surface area contributed by atoms with Gasteiger partial charge in [-0.25, -0.2) is 4.98 Å². The van der Waals surface area contributed by atoms with Crippen LogP contribution in [0.4, 0.5) is 0 Å². The van der Waals surface area contributed by atoms with Gasteiger partial charge in [-0.2, -0.15) is 4.98 Å². The van der Waals surface area contributed by atoms with Crippen LogP contribution in [0, 0.1) is 0 Å². The van der Waals surface area contributed by atoms with E-state index in [2.05, 4.69) is 46.4 Å². The summed E-state index contributed by atoms with van der Waals surface area (Å²) in [5, 5.41) is 12.3. The van der Waals surface area contributed by atoms with Crippen molar-refractivity contribution in [2.24, 2.45) is 0 Å². The first-order valence-electron chi connectivity index (χ1n) is 8.91. The predicted molar refractivity (Wildman–Crippen MR) is 99.1 cm³/mol. The fraction of sp³-hybridized carbons (Fsp3) is 0.368. The van der Waals surface area contributed by atoms with Crippen LogP contribution in [0.5, 0.6) is 0 Å². The molecule has 4 aromatic rings. The molecule has 1 unspecified atom stereocenters. The number of fused-ring (bicyclic) bond motifs is 1. The van der Waals surface area contributed by atoms with Crippen LogP contribution in [0.15, 0.2) is 37.9 Å². The molecule has 0 fully saturated rings. The fourth-order valence-electron chi connectivity index (χ4n) is 2.91. The van der Waals surface area contributed by atoms with Crippen molar-refractivity contribution in [1.82, 2.24) is 25.6 Å². The van der Waals surface area contributed by atoms with E-state index in [9.17, 15) is 0 Å². The smallest absolute Gasteiger partial charge is 0.259 e. The minimum Gasteiger partial charge on any atom is -0.463 e. The van der Waals surface area contributed by atoms with E-state index in [-0.39, 0.29) is 12.0 Å². The topological polar surface area (TPSA) is 103 Å². The van der Waals surface area contributed by atoms with E-state index in [1.165, 1.54) is 0 Å². The maximum absolute atomic E-state index is 5.56. The average molecular weight is 367 g/mol. The van der Waals surface area contributed by atoms with Gasteiger partial charge in [0.2, 0.25) is 0 Å².